The van der Waals surface area contributed by atoms with Gasteiger partial charge in [-0.05, 0) is 99.7 Å². The van der Waals surface area contributed by atoms with E-state index in [-0.39, 0.29) is 40.8 Å². The van der Waals surface area contributed by atoms with E-state index in [9.17, 15) is 30.3 Å². The topological polar surface area (TPSA) is 118 Å². The van der Waals surface area contributed by atoms with Gasteiger partial charge >= 0.3 is 0 Å². The second-order valence-corrected chi connectivity index (χ2v) is 13.3. The summed E-state index contributed by atoms with van der Waals surface area (Å²) < 4.78 is 0. The Morgan fingerprint density at radius 1 is 1.09 bits per heavy atom. The third-order valence-electron chi connectivity index (χ3n) is 11.0. The first kappa shape index (κ1) is 25.6. The van der Waals surface area contributed by atoms with E-state index in [2.05, 4.69) is 20.8 Å². The van der Waals surface area contributed by atoms with Crippen LogP contribution in [0.2, 0.25) is 0 Å². The fourth-order valence-corrected chi connectivity index (χ4v) is 8.94. The van der Waals surface area contributed by atoms with Crippen LogP contribution in [0.1, 0.15) is 92.4 Å². The van der Waals surface area contributed by atoms with Crippen LogP contribution in [0.3, 0.4) is 0 Å². The maximum atomic E-state index is 13.3. The van der Waals surface area contributed by atoms with Crippen molar-refractivity contribution in [2.75, 3.05) is 0 Å². The highest BCUT2D eigenvalue weighted by Crippen LogP contribution is 2.69. The molecule has 0 bridgehead atoms. The summed E-state index contributed by atoms with van der Waals surface area (Å²) in [6.07, 6.45) is 3.14. The molecule has 3 unspecified atom stereocenters. The fraction of sp³-hybridized carbons (Fsp3) is 0.963. The zero-order valence-electron chi connectivity index (χ0n) is 21.1. The number of hydrogen-bond acceptors (Lipinski definition) is 6. The minimum absolute atomic E-state index is 0.00259. The van der Waals surface area contributed by atoms with Crippen LogP contribution in [-0.2, 0) is 4.79 Å². The van der Waals surface area contributed by atoms with Crippen molar-refractivity contribution in [3.05, 3.63) is 0 Å². The third-order valence-corrected chi connectivity index (χ3v) is 11.0. The normalized spacial score (nSPS) is 49.7. The number of ketones is 1. The Balaban J connectivity index is 1.58. The lowest BCUT2D eigenvalue weighted by molar-refractivity contribution is -0.220. The Morgan fingerprint density at radius 2 is 1.76 bits per heavy atom. The highest BCUT2D eigenvalue weighted by Gasteiger charge is 2.69. The van der Waals surface area contributed by atoms with Crippen molar-refractivity contribution in [2.24, 2.45) is 40.4 Å². The first-order chi connectivity index (χ1) is 15.1. The maximum Gasteiger partial charge on any atom is 0.137 e. The van der Waals surface area contributed by atoms with E-state index < -0.39 is 34.9 Å². The van der Waals surface area contributed by atoms with Crippen LogP contribution in [0.25, 0.3) is 0 Å². The van der Waals surface area contributed by atoms with E-state index in [0.717, 1.165) is 19.3 Å². The molecule has 5 N–H and O–H groups in total. The van der Waals surface area contributed by atoms with Crippen molar-refractivity contribution >= 4 is 5.78 Å². The average Bonchev–Trinajstić information content (AvgIpc) is 2.99. The quantitative estimate of drug-likeness (QED) is 0.425. The predicted molar refractivity (Wildman–Crippen MR) is 125 cm³/mol. The summed E-state index contributed by atoms with van der Waals surface area (Å²) in [6.45, 7) is 9.86. The standard InChI is InChI=1S/C27H46O6/c1-15(20(28)8-9-24(2,3)32)16-7-11-27(33)18-12-21(29)19-13-22(30)23(31)14-25(19,4)17(18)6-10-26(16,27)5/h15-20,22-23,28,30-33H,6-14H2,1-5H3/t15-,16?,17?,18?,19-,20+,22+,23-,25+,26+,27+/m0/s1. The number of rotatable bonds is 5. The minimum Gasteiger partial charge on any atom is -0.393 e. The van der Waals surface area contributed by atoms with Gasteiger partial charge < -0.3 is 25.5 Å². The van der Waals surface area contributed by atoms with Crippen LogP contribution in [0.4, 0.5) is 0 Å². The summed E-state index contributed by atoms with van der Waals surface area (Å²) in [5.41, 5.74) is -2.55. The lowest BCUT2D eigenvalue weighted by atomic mass is 9.42. The van der Waals surface area contributed by atoms with Crippen molar-refractivity contribution in [1.29, 1.82) is 0 Å². The highest BCUT2D eigenvalue weighted by atomic mass is 16.3. The molecule has 0 aliphatic heterocycles. The van der Waals surface area contributed by atoms with E-state index in [1.807, 2.05) is 0 Å². The van der Waals surface area contributed by atoms with Gasteiger partial charge in [-0.15, -0.1) is 0 Å². The molecule has 6 nitrogen and oxygen atoms in total. The Morgan fingerprint density at radius 3 is 2.39 bits per heavy atom. The molecule has 4 saturated carbocycles. The molecule has 0 amide bonds. The average molecular weight is 467 g/mol. The fourth-order valence-electron chi connectivity index (χ4n) is 8.94. The lowest BCUT2D eigenvalue weighted by Gasteiger charge is -2.63. The first-order valence-corrected chi connectivity index (χ1v) is 13.2. The van der Waals surface area contributed by atoms with Crippen molar-refractivity contribution in [3.63, 3.8) is 0 Å². The molecule has 0 spiro atoms. The van der Waals surface area contributed by atoms with Crippen LogP contribution in [-0.4, -0.2) is 60.8 Å². The van der Waals surface area contributed by atoms with Gasteiger partial charge in [0.05, 0.1) is 29.5 Å². The van der Waals surface area contributed by atoms with Gasteiger partial charge in [-0.2, -0.15) is 0 Å². The number of Topliss-reactive ketones (excluding diaryl/α,β-unsaturated/α-hetero) is 1. The summed E-state index contributed by atoms with van der Waals surface area (Å²) in [4.78, 5) is 13.3. The second-order valence-electron chi connectivity index (χ2n) is 13.3. The summed E-state index contributed by atoms with van der Waals surface area (Å²) in [5, 5.41) is 54.0. The zero-order chi connectivity index (χ0) is 24.6. The van der Waals surface area contributed by atoms with Gasteiger partial charge in [-0.3, -0.25) is 4.79 Å². The third kappa shape index (κ3) is 3.92. The molecule has 0 saturated heterocycles. The van der Waals surface area contributed by atoms with Gasteiger partial charge in [0.2, 0.25) is 0 Å². The van der Waals surface area contributed by atoms with Crippen molar-refractivity contribution in [3.8, 4) is 0 Å². The van der Waals surface area contributed by atoms with E-state index in [1.54, 1.807) is 13.8 Å². The maximum absolute atomic E-state index is 13.3. The monoisotopic (exact) mass is 466 g/mol. The summed E-state index contributed by atoms with van der Waals surface area (Å²) in [6, 6.07) is 0. The summed E-state index contributed by atoms with van der Waals surface area (Å²) in [5.74, 6) is 0.0404. The number of fused-ring (bicyclic) bond motifs is 5. The molecule has 4 aliphatic carbocycles. The van der Waals surface area contributed by atoms with Crippen molar-refractivity contribution < 1.29 is 30.3 Å². The van der Waals surface area contributed by atoms with Crippen molar-refractivity contribution in [1.82, 2.24) is 0 Å². The SMILES string of the molecule is C[C@@H](C1CC[C@@]2(O)C3CC(=O)[C@@H]4C[C@@H](O)[C@@H](O)C[C@]4(C)C3CC[C@]12C)[C@H](O)CCC(C)(C)O. The van der Waals surface area contributed by atoms with E-state index in [4.69, 9.17) is 0 Å². The summed E-state index contributed by atoms with van der Waals surface area (Å²) >= 11 is 0. The number of carbonyl (C=O) groups is 1. The highest BCUT2D eigenvalue weighted by molar-refractivity contribution is 5.83. The molecule has 4 fully saturated rings. The molecule has 0 aromatic carbocycles. The molecule has 190 valence electrons. The Bertz CT molecular complexity index is 762. The van der Waals surface area contributed by atoms with Crippen LogP contribution in [0.5, 0.6) is 0 Å². The molecule has 0 aromatic heterocycles. The van der Waals surface area contributed by atoms with Crippen LogP contribution in [0, 0.1) is 40.4 Å². The predicted octanol–water partition coefficient (Wildman–Crippen LogP) is 2.82. The van der Waals surface area contributed by atoms with E-state index >= 15 is 0 Å². The largest absolute Gasteiger partial charge is 0.393 e. The molecule has 6 heteroatoms. The Kier molecular flexibility index (Phi) is 6.40. The second kappa shape index (κ2) is 8.26. The zero-order valence-corrected chi connectivity index (χ0v) is 21.1. The van der Waals surface area contributed by atoms with Crippen LogP contribution < -0.4 is 0 Å². The van der Waals surface area contributed by atoms with E-state index in [0.29, 0.717) is 38.5 Å². The molecule has 0 radical (unpaired) electrons. The Labute approximate surface area is 198 Å². The molecular weight excluding hydrogens is 420 g/mol. The molecular formula is C27H46O6. The Hall–Kier alpha value is -0.530. The van der Waals surface area contributed by atoms with Crippen LogP contribution >= 0.6 is 0 Å². The molecule has 0 aromatic rings. The van der Waals surface area contributed by atoms with E-state index in [1.165, 1.54) is 0 Å². The molecule has 11 atom stereocenters. The molecule has 4 aliphatic rings. The molecule has 33 heavy (non-hydrogen) atoms. The van der Waals surface area contributed by atoms with Crippen LogP contribution in [0.15, 0.2) is 0 Å². The number of hydrogen-bond donors (Lipinski definition) is 5. The van der Waals surface area contributed by atoms with Gasteiger partial charge in [-0.25, -0.2) is 0 Å². The smallest absolute Gasteiger partial charge is 0.137 e. The first-order valence-electron chi connectivity index (χ1n) is 13.2. The number of aliphatic hydroxyl groups is 5. The number of aliphatic hydroxyl groups excluding tert-OH is 3. The molecule has 0 heterocycles. The number of carbonyl (C=O) groups excluding carboxylic acids is 1. The minimum atomic E-state index is -0.963. The van der Waals surface area contributed by atoms with Gasteiger partial charge in [0.1, 0.15) is 5.78 Å². The van der Waals surface area contributed by atoms with Gasteiger partial charge in [0.25, 0.3) is 0 Å². The summed E-state index contributed by atoms with van der Waals surface area (Å²) in [7, 11) is 0. The van der Waals surface area contributed by atoms with Gasteiger partial charge in [-0.1, -0.05) is 20.8 Å². The van der Waals surface area contributed by atoms with Crippen molar-refractivity contribution in [2.45, 2.75) is 122 Å². The molecule has 4 rings (SSSR count). The van der Waals surface area contributed by atoms with Gasteiger partial charge in [0.15, 0.2) is 0 Å². The van der Waals surface area contributed by atoms with Gasteiger partial charge in [0, 0.05) is 12.3 Å². The lowest BCUT2D eigenvalue weighted by Crippen LogP contribution is -2.65.